The average molecular weight is 266 g/mol. The molecule has 0 unspecified atom stereocenters. The van der Waals surface area contributed by atoms with Crippen molar-refractivity contribution in [3.63, 3.8) is 0 Å². The Kier molecular flexibility index (Phi) is 3.73. The first-order chi connectivity index (χ1) is 8.85. The molecule has 1 saturated carbocycles. The van der Waals surface area contributed by atoms with Crippen molar-refractivity contribution in [3.05, 3.63) is 29.3 Å². The Labute approximate surface area is 112 Å². The molecule has 1 fully saturated rings. The second kappa shape index (κ2) is 5.15. The van der Waals surface area contributed by atoms with Gasteiger partial charge in [0.2, 0.25) is 0 Å². The molecule has 1 N–H and O–H groups in total. The number of pyridine rings is 1. The van der Waals surface area contributed by atoms with Crippen molar-refractivity contribution in [1.29, 1.82) is 0 Å². The van der Waals surface area contributed by atoms with Crippen LogP contribution in [0, 0.1) is 5.82 Å². The number of rotatable bonds is 3. The molecule has 4 nitrogen and oxygen atoms in total. The zero-order valence-corrected chi connectivity index (χ0v) is 11.5. The Balaban J connectivity index is 1.95. The van der Waals surface area contributed by atoms with E-state index < -0.39 is 17.5 Å². The molecule has 0 bridgehead atoms. The Morgan fingerprint density at radius 1 is 1.53 bits per heavy atom. The Morgan fingerprint density at radius 2 is 2.21 bits per heavy atom. The summed E-state index contributed by atoms with van der Waals surface area (Å²) in [5.41, 5.74) is 0.796. The quantitative estimate of drug-likeness (QED) is 0.914. The summed E-state index contributed by atoms with van der Waals surface area (Å²) in [6, 6.07) is 1.73. The van der Waals surface area contributed by atoms with Crippen molar-refractivity contribution in [3.8, 4) is 0 Å². The summed E-state index contributed by atoms with van der Waals surface area (Å²) in [6.07, 6.45) is 2.89. The van der Waals surface area contributed by atoms with E-state index in [1.165, 1.54) is 6.20 Å². The van der Waals surface area contributed by atoms with Gasteiger partial charge >= 0.3 is 6.09 Å². The molecule has 19 heavy (non-hydrogen) atoms. The molecule has 1 aliphatic rings. The maximum absolute atomic E-state index is 13.6. The molecular weight excluding hydrogens is 247 g/mol. The normalized spacial score (nSPS) is 15.2. The van der Waals surface area contributed by atoms with Gasteiger partial charge in [-0.1, -0.05) is 0 Å². The van der Waals surface area contributed by atoms with Crippen molar-refractivity contribution < 1.29 is 13.9 Å². The first-order valence-electron chi connectivity index (χ1n) is 6.46. The number of carbonyl (C=O) groups excluding carboxylic acids is 1. The number of alkyl carbamates (subject to hydrolysis) is 1. The fourth-order valence-electron chi connectivity index (χ4n) is 1.72. The van der Waals surface area contributed by atoms with Crippen molar-refractivity contribution in [2.45, 2.75) is 51.7 Å². The van der Waals surface area contributed by atoms with Gasteiger partial charge in [0.05, 0.1) is 6.20 Å². The monoisotopic (exact) mass is 266 g/mol. The van der Waals surface area contributed by atoms with Gasteiger partial charge in [-0.15, -0.1) is 0 Å². The third kappa shape index (κ3) is 4.19. The molecule has 0 atom stereocenters. The number of nitrogens with zero attached hydrogens (tertiary/aromatic N) is 1. The molecule has 0 saturated heterocycles. The molecule has 0 radical (unpaired) electrons. The van der Waals surface area contributed by atoms with Gasteiger partial charge in [0.15, 0.2) is 0 Å². The molecule has 0 aliphatic heterocycles. The maximum atomic E-state index is 13.6. The molecule has 1 amide bonds. The van der Waals surface area contributed by atoms with Crippen LogP contribution in [0.2, 0.25) is 0 Å². The van der Waals surface area contributed by atoms with Crippen molar-refractivity contribution in [2.75, 3.05) is 0 Å². The van der Waals surface area contributed by atoms with E-state index in [2.05, 4.69) is 10.3 Å². The fourth-order valence-corrected chi connectivity index (χ4v) is 1.72. The summed E-state index contributed by atoms with van der Waals surface area (Å²) in [5, 5.41) is 2.55. The number of hydrogen-bond acceptors (Lipinski definition) is 3. The Morgan fingerprint density at radius 3 is 2.79 bits per heavy atom. The molecule has 0 spiro atoms. The molecule has 1 aromatic rings. The second-order valence-corrected chi connectivity index (χ2v) is 5.83. The van der Waals surface area contributed by atoms with Crippen LogP contribution in [-0.2, 0) is 11.3 Å². The predicted molar refractivity (Wildman–Crippen MR) is 69.2 cm³/mol. The van der Waals surface area contributed by atoms with Gasteiger partial charge in [0.1, 0.15) is 11.4 Å². The van der Waals surface area contributed by atoms with E-state index in [0.717, 1.165) is 18.5 Å². The Bertz CT molecular complexity index is 479. The van der Waals surface area contributed by atoms with Crippen LogP contribution >= 0.6 is 0 Å². The zero-order chi connectivity index (χ0) is 14.0. The van der Waals surface area contributed by atoms with Crippen LogP contribution in [-0.4, -0.2) is 16.7 Å². The molecule has 0 aromatic carbocycles. The van der Waals surface area contributed by atoms with Crippen LogP contribution in [0.4, 0.5) is 9.18 Å². The van der Waals surface area contributed by atoms with E-state index in [0.29, 0.717) is 11.5 Å². The standard InChI is InChI=1S/C14H19FN2O2/c1-14(2,3)19-13(18)17-7-10-6-12(9-4-5-9)16-8-11(10)15/h6,8-9H,4-5,7H2,1-3H3,(H,17,18). The summed E-state index contributed by atoms with van der Waals surface area (Å²) in [6.45, 7) is 5.46. The minimum absolute atomic E-state index is 0.114. The maximum Gasteiger partial charge on any atom is 0.407 e. The largest absolute Gasteiger partial charge is 0.444 e. The number of halogens is 1. The lowest BCUT2D eigenvalue weighted by atomic mass is 10.1. The first-order valence-corrected chi connectivity index (χ1v) is 6.46. The van der Waals surface area contributed by atoms with Gasteiger partial charge in [-0.05, 0) is 39.7 Å². The van der Waals surface area contributed by atoms with Crippen LogP contribution in [0.3, 0.4) is 0 Å². The van der Waals surface area contributed by atoms with E-state index in [1.807, 2.05) is 0 Å². The molecule has 1 aliphatic carbocycles. The van der Waals surface area contributed by atoms with E-state index >= 15 is 0 Å². The van der Waals surface area contributed by atoms with E-state index in [-0.39, 0.29) is 6.54 Å². The van der Waals surface area contributed by atoms with Gasteiger partial charge in [-0.3, -0.25) is 4.98 Å². The lowest BCUT2D eigenvalue weighted by molar-refractivity contribution is 0.0523. The van der Waals surface area contributed by atoms with Gasteiger partial charge in [-0.2, -0.15) is 0 Å². The number of aromatic nitrogens is 1. The van der Waals surface area contributed by atoms with Crippen LogP contribution in [0.25, 0.3) is 0 Å². The van der Waals surface area contributed by atoms with Crippen molar-refractivity contribution >= 4 is 6.09 Å². The molecule has 1 aromatic heterocycles. The lowest BCUT2D eigenvalue weighted by Crippen LogP contribution is -2.32. The van der Waals surface area contributed by atoms with E-state index in [1.54, 1.807) is 26.8 Å². The smallest absolute Gasteiger partial charge is 0.407 e. The summed E-state index contributed by atoms with van der Waals surface area (Å²) >= 11 is 0. The minimum Gasteiger partial charge on any atom is -0.444 e. The highest BCUT2D eigenvalue weighted by Crippen LogP contribution is 2.39. The van der Waals surface area contributed by atoms with Crippen LogP contribution in [0.1, 0.15) is 50.8 Å². The minimum atomic E-state index is -0.556. The Hall–Kier alpha value is -1.65. The number of carbonyl (C=O) groups is 1. The molecule has 104 valence electrons. The topological polar surface area (TPSA) is 51.2 Å². The molecular formula is C14H19FN2O2. The van der Waals surface area contributed by atoms with Gasteiger partial charge < -0.3 is 10.1 Å². The predicted octanol–water partition coefficient (Wildman–Crippen LogP) is 3.12. The SMILES string of the molecule is CC(C)(C)OC(=O)NCc1cc(C2CC2)ncc1F. The van der Waals surface area contributed by atoms with E-state index in [4.69, 9.17) is 4.74 Å². The number of nitrogens with one attached hydrogen (secondary N) is 1. The second-order valence-electron chi connectivity index (χ2n) is 5.83. The highest BCUT2D eigenvalue weighted by molar-refractivity contribution is 5.67. The third-order valence-corrected chi connectivity index (χ3v) is 2.77. The number of ether oxygens (including phenoxy) is 1. The fraction of sp³-hybridized carbons (Fsp3) is 0.571. The summed E-state index contributed by atoms with van der Waals surface area (Å²) in [5.74, 6) is 0.0568. The highest BCUT2D eigenvalue weighted by Gasteiger charge is 2.25. The summed E-state index contributed by atoms with van der Waals surface area (Å²) in [4.78, 5) is 15.6. The van der Waals surface area contributed by atoms with Gasteiger partial charge in [0.25, 0.3) is 0 Å². The van der Waals surface area contributed by atoms with Gasteiger partial charge in [-0.25, -0.2) is 9.18 Å². The molecule has 1 heterocycles. The summed E-state index contributed by atoms with van der Waals surface area (Å²) < 4.78 is 18.7. The van der Waals surface area contributed by atoms with Gasteiger partial charge in [0, 0.05) is 23.7 Å². The summed E-state index contributed by atoms with van der Waals surface area (Å²) in [7, 11) is 0. The third-order valence-electron chi connectivity index (χ3n) is 2.77. The zero-order valence-electron chi connectivity index (χ0n) is 11.5. The molecule has 2 rings (SSSR count). The van der Waals surface area contributed by atoms with Crippen LogP contribution in [0.15, 0.2) is 12.3 Å². The van der Waals surface area contributed by atoms with Crippen LogP contribution < -0.4 is 5.32 Å². The lowest BCUT2D eigenvalue weighted by Gasteiger charge is -2.19. The van der Waals surface area contributed by atoms with E-state index in [9.17, 15) is 9.18 Å². The number of amides is 1. The van der Waals surface area contributed by atoms with Crippen molar-refractivity contribution in [1.82, 2.24) is 10.3 Å². The number of hydrogen-bond donors (Lipinski definition) is 1. The van der Waals surface area contributed by atoms with Crippen LogP contribution in [0.5, 0.6) is 0 Å². The van der Waals surface area contributed by atoms with Crippen molar-refractivity contribution in [2.24, 2.45) is 0 Å². The average Bonchev–Trinajstić information content (AvgIpc) is 3.09. The highest BCUT2D eigenvalue weighted by atomic mass is 19.1. The molecule has 5 heteroatoms. The first kappa shape index (κ1) is 13.8.